The monoisotopic (exact) mass is 482 g/mol. The first kappa shape index (κ1) is 24.1. The molecule has 1 aromatic carbocycles. The normalized spacial score (nSPS) is 11.7. The summed E-state index contributed by atoms with van der Waals surface area (Å²) in [5.74, 6) is -1.06. The number of nitro groups is 1. The maximum atomic E-state index is 14.0. The molecular formula is C25H24F2N4O4. The molecule has 8 nitrogen and oxygen atoms in total. The molecule has 0 unspecified atom stereocenters. The number of rotatable bonds is 7. The second-order valence-corrected chi connectivity index (χ2v) is 9.06. The van der Waals surface area contributed by atoms with Crippen molar-refractivity contribution >= 4 is 5.65 Å². The molecule has 3 aromatic heterocycles. The van der Waals surface area contributed by atoms with Crippen LogP contribution in [0.1, 0.15) is 30.7 Å². The summed E-state index contributed by atoms with van der Waals surface area (Å²) in [6.45, 7) is 6.14. The number of nitrogens with zero attached hydrogens (tertiary/aromatic N) is 4. The lowest BCUT2D eigenvalue weighted by Gasteiger charge is -2.17. The molecule has 4 aromatic rings. The van der Waals surface area contributed by atoms with Gasteiger partial charge in [0.2, 0.25) is 5.54 Å². The molecule has 182 valence electrons. The van der Waals surface area contributed by atoms with Crippen LogP contribution in [-0.2, 0) is 13.2 Å². The number of fused-ring (bicyclic) bond motifs is 1. The van der Waals surface area contributed by atoms with Gasteiger partial charge in [-0.2, -0.15) is 0 Å². The van der Waals surface area contributed by atoms with E-state index in [9.17, 15) is 23.7 Å². The molecule has 0 radical (unpaired) electrons. The third kappa shape index (κ3) is 4.64. The van der Waals surface area contributed by atoms with Gasteiger partial charge in [-0.3, -0.25) is 19.3 Å². The van der Waals surface area contributed by atoms with Crippen LogP contribution in [0, 0.1) is 35.6 Å². The summed E-state index contributed by atoms with van der Waals surface area (Å²) in [4.78, 5) is 28.2. The summed E-state index contributed by atoms with van der Waals surface area (Å²) >= 11 is 0. The molecule has 35 heavy (non-hydrogen) atoms. The third-order valence-electron chi connectivity index (χ3n) is 5.75. The van der Waals surface area contributed by atoms with Crippen molar-refractivity contribution in [2.24, 2.45) is 0 Å². The van der Waals surface area contributed by atoms with Crippen molar-refractivity contribution in [2.75, 3.05) is 0 Å². The molecule has 0 bridgehead atoms. The lowest BCUT2D eigenvalue weighted by Crippen LogP contribution is -2.39. The van der Waals surface area contributed by atoms with Gasteiger partial charge in [-0.1, -0.05) is 6.07 Å². The first-order chi connectivity index (χ1) is 16.5. The maximum Gasteiger partial charge on any atom is 0.251 e. The fourth-order valence-electron chi connectivity index (χ4n) is 3.89. The predicted octanol–water partition coefficient (Wildman–Crippen LogP) is 4.69. The Labute approximate surface area is 199 Å². The molecular weight excluding hydrogens is 458 g/mol. The van der Waals surface area contributed by atoms with Crippen LogP contribution in [0.5, 0.6) is 5.75 Å². The van der Waals surface area contributed by atoms with Gasteiger partial charge in [-0.25, -0.2) is 13.8 Å². The minimum Gasteiger partial charge on any atom is -0.485 e. The fraction of sp³-hybridized carbons (Fsp3) is 0.280. The topological polar surface area (TPSA) is 91.7 Å². The number of hydrogen-bond donors (Lipinski definition) is 0. The Balaban J connectivity index is 1.73. The average Bonchev–Trinajstić information content (AvgIpc) is 3.10. The summed E-state index contributed by atoms with van der Waals surface area (Å²) in [7, 11) is 0. The average molecular weight is 482 g/mol. The Morgan fingerprint density at radius 2 is 1.83 bits per heavy atom. The third-order valence-corrected chi connectivity index (χ3v) is 5.75. The van der Waals surface area contributed by atoms with Crippen LogP contribution >= 0.6 is 0 Å². The summed E-state index contributed by atoms with van der Waals surface area (Å²) in [6, 6.07) is 8.45. The maximum absolute atomic E-state index is 14.0. The minimum atomic E-state index is -1.30. The number of imidazole rings is 1. The largest absolute Gasteiger partial charge is 0.485 e. The van der Waals surface area contributed by atoms with Gasteiger partial charge < -0.3 is 9.30 Å². The highest BCUT2D eigenvalue weighted by atomic mass is 19.1. The molecule has 0 amide bonds. The predicted molar refractivity (Wildman–Crippen MR) is 126 cm³/mol. The van der Waals surface area contributed by atoms with Crippen LogP contribution in [0.25, 0.3) is 16.9 Å². The van der Waals surface area contributed by atoms with Crippen LogP contribution in [0.15, 0.2) is 53.6 Å². The van der Waals surface area contributed by atoms with Gasteiger partial charge in [-0.15, -0.1) is 0 Å². The number of ether oxygens (including phenoxy) is 1. The Hall–Kier alpha value is -4.08. The summed E-state index contributed by atoms with van der Waals surface area (Å²) < 4.78 is 36.9. The Morgan fingerprint density at radius 1 is 1.14 bits per heavy atom. The highest BCUT2D eigenvalue weighted by molar-refractivity contribution is 5.70. The Morgan fingerprint density at radius 3 is 2.46 bits per heavy atom. The number of aryl methyl sites for hydroxylation is 2. The van der Waals surface area contributed by atoms with Crippen molar-refractivity contribution < 1.29 is 18.4 Å². The van der Waals surface area contributed by atoms with Gasteiger partial charge in [0.15, 0.2) is 11.4 Å². The first-order valence-electron chi connectivity index (χ1n) is 10.9. The molecule has 3 heterocycles. The molecule has 0 spiro atoms. The number of aromatic nitrogens is 3. The molecule has 0 aliphatic carbocycles. The second-order valence-electron chi connectivity index (χ2n) is 9.06. The van der Waals surface area contributed by atoms with Crippen molar-refractivity contribution in [1.29, 1.82) is 0 Å². The molecule has 0 saturated carbocycles. The lowest BCUT2D eigenvalue weighted by atomic mass is 10.1. The zero-order chi connectivity index (χ0) is 25.5. The minimum absolute atomic E-state index is 0.0745. The van der Waals surface area contributed by atoms with Crippen LogP contribution in [0.2, 0.25) is 0 Å². The molecule has 0 fully saturated rings. The summed E-state index contributed by atoms with van der Waals surface area (Å²) in [5.41, 5.74) is 1.20. The van der Waals surface area contributed by atoms with Crippen LogP contribution in [-0.4, -0.2) is 24.4 Å². The quantitative estimate of drug-likeness (QED) is 0.281. The van der Waals surface area contributed by atoms with E-state index in [4.69, 9.17) is 4.74 Å². The van der Waals surface area contributed by atoms with E-state index < -0.39 is 22.1 Å². The van der Waals surface area contributed by atoms with Crippen LogP contribution in [0.4, 0.5) is 8.78 Å². The number of pyridine rings is 2. The van der Waals surface area contributed by atoms with E-state index in [2.05, 4.69) is 4.98 Å². The van der Waals surface area contributed by atoms with Crippen molar-refractivity contribution in [3.8, 4) is 17.0 Å². The zero-order valence-corrected chi connectivity index (χ0v) is 19.7. The van der Waals surface area contributed by atoms with Gasteiger partial charge in [0.25, 0.3) is 5.56 Å². The molecule has 0 aliphatic rings. The summed E-state index contributed by atoms with van der Waals surface area (Å²) in [6.07, 6.45) is 3.35. The van der Waals surface area contributed by atoms with E-state index in [0.717, 1.165) is 5.56 Å². The van der Waals surface area contributed by atoms with Crippen LogP contribution in [0.3, 0.4) is 0 Å². The number of benzene rings is 1. The zero-order valence-electron chi connectivity index (χ0n) is 19.7. The number of hydrogen-bond acceptors (Lipinski definition) is 5. The molecule has 0 atom stereocenters. The SMILES string of the molecule is Cc1cc(OCc2c(F)cccc2F)c2nc(C)c(-c3ccn(CC(C)(C)[N+](=O)[O-])c(=O)c3)n2c1. The second kappa shape index (κ2) is 8.94. The van der Waals surface area contributed by atoms with E-state index in [1.54, 1.807) is 23.5 Å². The number of halogens is 2. The van der Waals surface area contributed by atoms with Crippen molar-refractivity contribution in [1.82, 2.24) is 14.0 Å². The molecule has 4 rings (SSSR count). The smallest absolute Gasteiger partial charge is 0.251 e. The van der Waals surface area contributed by atoms with E-state index in [-0.39, 0.29) is 24.3 Å². The van der Waals surface area contributed by atoms with E-state index in [1.165, 1.54) is 48.9 Å². The van der Waals surface area contributed by atoms with Crippen molar-refractivity contribution in [2.45, 2.75) is 46.4 Å². The van der Waals surface area contributed by atoms with Crippen LogP contribution < -0.4 is 10.3 Å². The van der Waals surface area contributed by atoms with Gasteiger partial charge in [0.05, 0.1) is 23.5 Å². The molecule has 0 N–H and O–H groups in total. The molecule has 0 aliphatic heterocycles. The molecule has 0 saturated heterocycles. The van der Waals surface area contributed by atoms with Gasteiger partial charge in [0, 0.05) is 42.8 Å². The standard InChI is InChI=1S/C25H24F2N4O4/c1-15-10-21(35-13-18-19(26)6-5-7-20(18)27)24-28-16(2)23(30(24)12-15)17-8-9-29(22(32)11-17)14-25(3,4)31(33)34/h5-12H,13-14H2,1-4H3. The van der Waals surface area contributed by atoms with Crippen molar-refractivity contribution in [3.05, 3.63) is 97.7 Å². The Bertz CT molecular complexity index is 1490. The van der Waals surface area contributed by atoms with Gasteiger partial charge in [-0.05, 0) is 43.7 Å². The van der Waals surface area contributed by atoms with E-state index >= 15 is 0 Å². The fourth-order valence-corrected chi connectivity index (χ4v) is 3.89. The molecule has 10 heteroatoms. The summed E-state index contributed by atoms with van der Waals surface area (Å²) in [5, 5.41) is 11.3. The van der Waals surface area contributed by atoms with Gasteiger partial charge in [0.1, 0.15) is 18.2 Å². The highest BCUT2D eigenvalue weighted by Crippen LogP contribution is 2.30. The lowest BCUT2D eigenvalue weighted by molar-refractivity contribution is -0.562. The van der Waals surface area contributed by atoms with E-state index in [0.29, 0.717) is 28.3 Å². The Kier molecular flexibility index (Phi) is 6.14. The van der Waals surface area contributed by atoms with E-state index in [1.807, 2.05) is 13.1 Å². The highest BCUT2D eigenvalue weighted by Gasteiger charge is 2.31. The van der Waals surface area contributed by atoms with Crippen molar-refractivity contribution in [3.63, 3.8) is 0 Å². The van der Waals surface area contributed by atoms with Gasteiger partial charge >= 0.3 is 0 Å². The first-order valence-corrected chi connectivity index (χ1v) is 10.9.